The van der Waals surface area contributed by atoms with Gasteiger partial charge in [-0.15, -0.1) is 11.3 Å². The Morgan fingerprint density at radius 1 is 1.35 bits per heavy atom. The van der Waals surface area contributed by atoms with Gasteiger partial charge < -0.3 is 10.2 Å². The van der Waals surface area contributed by atoms with Crippen LogP contribution in [-0.4, -0.2) is 37.0 Å². The molecule has 0 unspecified atom stereocenters. The highest BCUT2D eigenvalue weighted by Crippen LogP contribution is 2.34. The Kier molecular flexibility index (Phi) is 3.32. The fraction of sp³-hybridized carbons (Fsp3) is 0.545. The zero-order valence-electron chi connectivity index (χ0n) is 9.08. The molecule has 0 spiro atoms. The van der Waals surface area contributed by atoms with E-state index in [0.717, 1.165) is 39.3 Å². The fourth-order valence-corrected chi connectivity index (χ4v) is 5.46. The summed E-state index contributed by atoms with van der Waals surface area (Å²) in [5.74, 6) is 1.47. The van der Waals surface area contributed by atoms with Crippen molar-refractivity contribution in [3.63, 3.8) is 0 Å². The van der Waals surface area contributed by atoms with Gasteiger partial charge in [0.2, 0.25) is 0 Å². The van der Waals surface area contributed by atoms with Gasteiger partial charge in [0.15, 0.2) is 0 Å². The second kappa shape index (κ2) is 4.64. The summed E-state index contributed by atoms with van der Waals surface area (Å²) >= 11 is 8.42. The Morgan fingerprint density at radius 2 is 2.00 bits per heavy atom. The van der Waals surface area contributed by atoms with Crippen molar-refractivity contribution < 1.29 is 4.79 Å². The number of carbonyl (C=O) groups is 1. The molecule has 6 heteroatoms. The Morgan fingerprint density at radius 3 is 2.53 bits per heavy atom. The van der Waals surface area contributed by atoms with Crippen LogP contribution in [0, 0.1) is 11.8 Å². The number of nitrogens with zero attached hydrogens (tertiary/aromatic N) is 1. The lowest BCUT2D eigenvalue weighted by molar-refractivity contribution is 0.0781. The van der Waals surface area contributed by atoms with E-state index < -0.39 is 0 Å². The van der Waals surface area contributed by atoms with Crippen molar-refractivity contribution >= 4 is 49.1 Å². The summed E-state index contributed by atoms with van der Waals surface area (Å²) in [6, 6.07) is 1.91. The summed E-state index contributed by atoms with van der Waals surface area (Å²) in [6.45, 7) is 3.92. The Labute approximate surface area is 121 Å². The third kappa shape index (κ3) is 2.20. The lowest BCUT2D eigenvalue weighted by atomic mass is 10.0. The maximum absolute atomic E-state index is 12.4. The summed E-state index contributed by atoms with van der Waals surface area (Å²) < 4.78 is 1.92. The average molecular weight is 380 g/mol. The summed E-state index contributed by atoms with van der Waals surface area (Å²) in [5.41, 5.74) is 0.787. The first-order valence-electron chi connectivity index (χ1n) is 5.60. The molecule has 1 aromatic rings. The van der Waals surface area contributed by atoms with Gasteiger partial charge in [-0.05, 0) is 49.8 Å². The second-order valence-corrected chi connectivity index (χ2v) is 8.38. The van der Waals surface area contributed by atoms with Crippen LogP contribution in [0.1, 0.15) is 10.4 Å². The van der Waals surface area contributed by atoms with Crippen LogP contribution in [0.15, 0.2) is 13.6 Å². The Bertz CT molecular complexity index is 450. The molecule has 0 bridgehead atoms. The van der Waals surface area contributed by atoms with Crippen LogP contribution in [0.3, 0.4) is 0 Å². The number of likely N-dealkylation sites (tertiary alicyclic amines) is 1. The minimum Gasteiger partial charge on any atom is -0.338 e. The highest BCUT2D eigenvalue weighted by molar-refractivity contribution is 9.12. The number of thiophene rings is 1. The lowest BCUT2D eigenvalue weighted by Gasteiger charge is -2.16. The van der Waals surface area contributed by atoms with Gasteiger partial charge in [0.05, 0.1) is 13.1 Å². The molecule has 17 heavy (non-hydrogen) atoms. The number of nitrogens with one attached hydrogen (secondary N) is 1. The molecule has 1 N–H and O–H groups in total. The van der Waals surface area contributed by atoms with E-state index in [-0.39, 0.29) is 5.91 Å². The van der Waals surface area contributed by atoms with E-state index in [1.165, 1.54) is 0 Å². The minimum absolute atomic E-state index is 0.160. The van der Waals surface area contributed by atoms with Crippen molar-refractivity contribution in [2.24, 2.45) is 11.8 Å². The molecule has 0 radical (unpaired) electrons. The van der Waals surface area contributed by atoms with E-state index in [1.807, 2.05) is 11.0 Å². The van der Waals surface area contributed by atoms with Gasteiger partial charge in [-0.1, -0.05) is 0 Å². The average Bonchev–Trinajstić information content (AvgIpc) is 2.90. The molecule has 92 valence electrons. The van der Waals surface area contributed by atoms with Gasteiger partial charge in [0.25, 0.3) is 5.91 Å². The monoisotopic (exact) mass is 378 g/mol. The van der Waals surface area contributed by atoms with E-state index in [0.29, 0.717) is 11.8 Å². The SMILES string of the molecule is O=C(c1cc(Br)sc1Br)N1C[C@H]2CNC[C@H]2C1. The minimum atomic E-state index is 0.160. The van der Waals surface area contributed by atoms with Crippen LogP contribution in [0.5, 0.6) is 0 Å². The number of halogens is 2. The molecule has 0 saturated carbocycles. The number of rotatable bonds is 1. The summed E-state index contributed by atoms with van der Waals surface area (Å²) in [4.78, 5) is 14.4. The summed E-state index contributed by atoms with van der Waals surface area (Å²) in [7, 11) is 0. The maximum atomic E-state index is 12.4. The van der Waals surface area contributed by atoms with Gasteiger partial charge in [0, 0.05) is 26.2 Å². The third-order valence-corrected chi connectivity index (χ3v) is 5.90. The molecule has 1 aromatic heterocycles. The molecule has 3 rings (SSSR count). The predicted molar refractivity (Wildman–Crippen MR) is 75.5 cm³/mol. The largest absolute Gasteiger partial charge is 0.338 e. The number of carbonyl (C=O) groups excluding carboxylic acids is 1. The van der Waals surface area contributed by atoms with Crippen molar-refractivity contribution in [1.29, 1.82) is 0 Å². The highest BCUT2D eigenvalue weighted by Gasteiger charge is 2.38. The maximum Gasteiger partial charge on any atom is 0.255 e. The zero-order valence-corrected chi connectivity index (χ0v) is 13.1. The Balaban J connectivity index is 1.77. The molecule has 2 saturated heterocycles. The van der Waals surface area contributed by atoms with Crippen LogP contribution in [-0.2, 0) is 0 Å². The first-order valence-corrected chi connectivity index (χ1v) is 8.00. The number of amides is 1. The molecular formula is C11H12Br2N2OS. The molecule has 2 aliphatic heterocycles. The quantitative estimate of drug-likeness (QED) is 0.813. The van der Waals surface area contributed by atoms with Crippen molar-refractivity contribution in [3.05, 3.63) is 19.2 Å². The van der Waals surface area contributed by atoms with E-state index in [2.05, 4.69) is 37.2 Å². The molecule has 0 aliphatic carbocycles. The van der Waals surface area contributed by atoms with Crippen molar-refractivity contribution in [2.75, 3.05) is 26.2 Å². The second-order valence-electron chi connectivity index (χ2n) is 4.63. The predicted octanol–water partition coefficient (Wildman–Crippen LogP) is 2.56. The van der Waals surface area contributed by atoms with E-state index in [4.69, 9.17) is 0 Å². The number of fused-ring (bicyclic) bond motifs is 1. The fourth-order valence-electron chi connectivity index (χ4n) is 2.68. The van der Waals surface area contributed by atoms with Gasteiger partial charge in [-0.25, -0.2) is 0 Å². The standard InChI is InChI=1S/C11H12Br2N2OS/c12-9-1-8(10(13)17-9)11(16)15-4-6-2-14-3-7(6)5-15/h1,6-7,14H,2-5H2/t6-,7+. The molecule has 3 heterocycles. The summed E-state index contributed by atoms with van der Waals surface area (Å²) in [6.07, 6.45) is 0. The van der Waals surface area contributed by atoms with Gasteiger partial charge in [-0.3, -0.25) is 4.79 Å². The van der Waals surface area contributed by atoms with Gasteiger partial charge in [0.1, 0.15) is 0 Å². The lowest BCUT2D eigenvalue weighted by Crippen LogP contribution is -2.31. The van der Waals surface area contributed by atoms with E-state index in [1.54, 1.807) is 11.3 Å². The van der Waals surface area contributed by atoms with E-state index >= 15 is 0 Å². The van der Waals surface area contributed by atoms with E-state index in [9.17, 15) is 4.79 Å². The van der Waals surface area contributed by atoms with Gasteiger partial charge >= 0.3 is 0 Å². The van der Waals surface area contributed by atoms with Crippen molar-refractivity contribution in [2.45, 2.75) is 0 Å². The number of hydrogen-bond donors (Lipinski definition) is 1. The Hall–Kier alpha value is 0.0900. The van der Waals surface area contributed by atoms with Crippen LogP contribution >= 0.6 is 43.2 Å². The topological polar surface area (TPSA) is 32.3 Å². The highest BCUT2D eigenvalue weighted by atomic mass is 79.9. The molecule has 2 aliphatic rings. The number of hydrogen-bond acceptors (Lipinski definition) is 3. The van der Waals surface area contributed by atoms with Crippen LogP contribution in [0.4, 0.5) is 0 Å². The molecule has 2 fully saturated rings. The van der Waals surface area contributed by atoms with Crippen LogP contribution in [0.25, 0.3) is 0 Å². The normalized spacial score (nSPS) is 27.5. The van der Waals surface area contributed by atoms with Crippen LogP contribution in [0.2, 0.25) is 0 Å². The van der Waals surface area contributed by atoms with Gasteiger partial charge in [-0.2, -0.15) is 0 Å². The molecule has 2 atom stereocenters. The smallest absolute Gasteiger partial charge is 0.255 e. The molecular weight excluding hydrogens is 368 g/mol. The third-order valence-electron chi connectivity index (χ3n) is 3.56. The van der Waals surface area contributed by atoms with Crippen molar-refractivity contribution in [1.82, 2.24) is 10.2 Å². The van der Waals surface area contributed by atoms with Crippen molar-refractivity contribution in [3.8, 4) is 0 Å². The zero-order chi connectivity index (χ0) is 12.0. The molecule has 1 amide bonds. The molecule has 0 aromatic carbocycles. The summed E-state index contributed by atoms with van der Waals surface area (Å²) in [5, 5.41) is 3.39. The first kappa shape index (κ1) is 12.1. The van der Waals surface area contributed by atoms with Crippen LogP contribution < -0.4 is 5.32 Å². The molecule has 3 nitrogen and oxygen atoms in total. The first-order chi connectivity index (χ1) is 8.15.